The standard InChI is InChI=1S/C11H18IN3S/c1-4-7(3)16-6-9-14-8(5-2)10(12)11(13)15-9/h7H,4-6H2,1-3H3,(H2,13,14,15). The Kier molecular flexibility index (Phi) is 5.82. The highest BCUT2D eigenvalue weighted by Gasteiger charge is 2.09. The molecule has 0 aliphatic rings. The molecule has 0 saturated carbocycles. The summed E-state index contributed by atoms with van der Waals surface area (Å²) >= 11 is 4.09. The highest BCUT2D eigenvalue weighted by molar-refractivity contribution is 14.1. The predicted molar refractivity (Wildman–Crippen MR) is 79.6 cm³/mol. The lowest BCUT2D eigenvalue weighted by Gasteiger charge is -2.10. The monoisotopic (exact) mass is 351 g/mol. The van der Waals surface area contributed by atoms with Crippen LogP contribution in [0.4, 0.5) is 5.82 Å². The molecular formula is C11H18IN3S. The molecule has 0 fully saturated rings. The van der Waals surface area contributed by atoms with Crippen molar-refractivity contribution in [2.75, 3.05) is 5.73 Å². The zero-order valence-corrected chi connectivity index (χ0v) is 12.9. The van der Waals surface area contributed by atoms with E-state index in [0.29, 0.717) is 11.1 Å². The molecule has 0 bridgehead atoms. The molecule has 90 valence electrons. The molecule has 16 heavy (non-hydrogen) atoms. The van der Waals surface area contributed by atoms with Crippen molar-refractivity contribution in [2.24, 2.45) is 0 Å². The average molecular weight is 351 g/mol. The van der Waals surface area contributed by atoms with Crippen LogP contribution in [-0.4, -0.2) is 15.2 Å². The van der Waals surface area contributed by atoms with Crippen LogP contribution in [-0.2, 0) is 12.2 Å². The van der Waals surface area contributed by atoms with E-state index < -0.39 is 0 Å². The number of anilines is 1. The first kappa shape index (κ1) is 14.0. The van der Waals surface area contributed by atoms with Crippen LogP contribution >= 0.6 is 34.4 Å². The molecule has 0 spiro atoms. The van der Waals surface area contributed by atoms with Crippen molar-refractivity contribution in [3.8, 4) is 0 Å². The van der Waals surface area contributed by atoms with Crippen LogP contribution in [0.25, 0.3) is 0 Å². The number of halogens is 1. The van der Waals surface area contributed by atoms with E-state index in [4.69, 9.17) is 5.73 Å². The van der Waals surface area contributed by atoms with Gasteiger partial charge in [-0.05, 0) is 35.4 Å². The highest BCUT2D eigenvalue weighted by Crippen LogP contribution is 2.21. The van der Waals surface area contributed by atoms with E-state index in [1.165, 1.54) is 6.42 Å². The molecule has 1 atom stereocenters. The molecule has 1 aromatic rings. The maximum absolute atomic E-state index is 5.87. The lowest BCUT2D eigenvalue weighted by molar-refractivity contribution is 0.894. The molecule has 3 nitrogen and oxygen atoms in total. The number of rotatable bonds is 5. The second kappa shape index (κ2) is 6.64. The second-order valence-corrected chi connectivity index (χ2v) is 6.17. The van der Waals surface area contributed by atoms with Crippen LogP contribution in [0.3, 0.4) is 0 Å². The van der Waals surface area contributed by atoms with Crippen LogP contribution in [0.5, 0.6) is 0 Å². The summed E-state index contributed by atoms with van der Waals surface area (Å²) in [6, 6.07) is 0. The zero-order valence-electron chi connectivity index (χ0n) is 9.96. The molecule has 0 saturated heterocycles. The van der Waals surface area contributed by atoms with E-state index in [1.807, 2.05) is 11.8 Å². The van der Waals surface area contributed by atoms with Gasteiger partial charge in [0.25, 0.3) is 0 Å². The molecule has 0 aliphatic carbocycles. The molecule has 1 unspecified atom stereocenters. The van der Waals surface area contributed by atoms with Crippen LogP contribution in [0, 0.1) is 3.57 Å². The fourth-order valence-corrected chi connectivity index (χ4v) is 2.62. The molecule has 0 aliphatic heterocycles. The van der Waals surface area contributed by atoms with Gasteiger partial charge in [-0.15, -0.1) is 0 Å². The molecule has 1 rings (SSSR count). The average Bonchev–Trinajstić information content (AvgIpc) is 2.29. The lowest BCUT2D eigenvalue weighted by Crippen LogP contribution is -2.07. The zero-order chi connectivity index (χ0) is 12.1. The fraction of sp³-hybridized carbons (Fsp3) is 0.636. The van der Waals surface area contributed by atoms with Gasteiger partial charge >= 0.3 is 0 Å². The minimum absolute atomic E-state index is 0.618. The summed E-state index contributed by atoms with van der Waals surface area (Å²) in [5, 5.41) is 0.647. The van der Waals surface area contributed by atoms with E-state index in [1.54, 1.807) is 0 Å². The minimum atomic E-state index is 0.618. The Bertz CT molecular complexity index is 357. The molecule has 0 radical (unpaired) electrons. The van der Waals surface area contributed by atoms with Gasteiger partial charge in [-0.25, -0.2) is 9.97 Å². The smallest absolute Gasteiger partial charge is 0.140 e. The summed E-state index contributed by atoms with van der Waals surface area (Å²) in [4.78, 5) is 8.86. The van der Waals surface area contributed by atoms with Gasteiger partial charge in [0, 0.05) is 5.25 Å². The second-order valence-electron chi connectivity index (χ2n) is 3.67. The normalized spacial score (nSPS) is 12.8. The van der Waals surface area contributed by atoms with E-state index >= 15 is 0 Å². The van der Waals surface area contributed by atoms with Crippen LogP contribution < -0.4 is 5.73 Å². The van der Waals surface area contributed by atoms with Crippen LogP contribution in [0.1, 0.15) is 38.7 Å². The predicted octanol–water partition coefficient (Wildman–Crippen LogP) is 3.26. The first-order chi connectivity index (χ1) is 7.58. The lowest BCUT2D eigenvalue weighted by atomic mass is 10.3. The Labute approximate surface area is 115 Å². The van der Waals surface area contributed by atoms with Crippen molar-refractivity contribution >= 4 is 40.2 Å². The maximum atomic E-state index is 5.87. The minimum Gasteiger partial charge on any atom is -0.383 e. The van der Waals surface area contributed by atoms with Gasteiger partial charge < -0.3 is 5.73 Å². The number of aryl methyl sites for hydroxylation is 1. The molecule has 1 heterocycles. The fourth-order valence-electron chi connectivity index (χ4n) is 1.20. The van der Waals surface area contributed by atoms with Gasteiger partial charge in [-0.1, -0.05) is 20.8 Å². The van der Waals surface area contributed by atoms with Crippen LogP contribution in [0.2, 0.25) is 0 Å². The largest absolute Gasteiger partial charge is 0.383 e. The Morgan fingerprint density at radius 3 is 2.62 bits per heavy atom. The van der Waals surface area contributed by atoms with Gasteiger partial charge in [0.15, 0.2) is 0 Å². The first-order valence-electron chi connectivity index (χ1n) is 5.50. The van der Waals surface area contributed by atoms with E-state index in [-0.39, 0.29) is 0 Å². The molecule has 0 amide bonds. The van der Waals surface area contributed by atoms with Crippen molar-refractivity contribution in [3.05, 3.63) is 15.1 Å². The van der Waals surface area contributed by atoms with Gasteiger partial charge in [-0.3, -0.25) is 0 Å². The third-order valence-corrected chi connectivity index (χ3v) is 4.90. The van der Waals surface area contributed by atoms with Crippen molar-refractivity contribution in [1.29, 1.82) is 0 Å². The third-order valence-electron chi connectivity index (χ3n) is 2.40. The van der Waals surface area contributed by atoms with Crippen molar-refractivity contribution in [1.82, 2.24) is 9.97 Å². The SMILES string of the molecule is CCc1nc(CSC(C)CC)nc(N)c1I. The Balaban J connectivity index is 2.78. The van der Waals surface area contributed by atoms with Gasteiger partial charge in [0.1, 0.15) is 11.6 Å². The summed E-state index contributed by atoms with van der Waals surface area (Å²) in [6.07, 6.45) is 2.08. The Hall–Kier alpha value is -0.0400. The van der Waals surface area contributed by atoms with Gasteiger partial charge in [-0.2, -0.15) is 11.8 Å². The number of hydrogen-bond acceptors (Lipinski definition) is 4. The number of nitrogen functional groups attached to an aromatic ring is 1. The highest BCUT2D eigenvalue weighted by atomic mass is 127. The summed E-state index contributed by atoms with van der Waals surface area (Å²) in [7, 11) is 0. The summed E-state index contributed by atoms with van der Waals surface area (Å²) in [5.74, 6) is 2.33. The quantitative estimate of drug-likeness (QED) is 0.828. The molecule has 2 N–H and O–H groups in total. The van der Waals surface area contributed by atoms with Crippen molar-refractivity contribution in [2.45, 2.75) is 44.6 Å². The molecular weight excluding hydrogens is 333 g/mol. The first-order valence-corrected chi connectivity index (χ1v) is 7.63. The summed E-state index contributed by atoms with van der Waals surface area (Å²) in [5.41, 5.74) is 6.93. The topological polar surface area (TPSA) is 51.8 Å². The maximum Gasteiger partial charge on any atom is 0.140 e. The van der Waals surface area contributed by atoms with E-state index in [0.717, 1.165) is 27.3 Å². The van der Waals surface area contributed by atoms with Crippen LogP contribution in [0.15, 0.2) is 0 Å². The van der Waals surface area contributed by atoms with E-state index in [9.17, 15) is 0 Å². The summed E-state index contributed by atoms with van der Waals surface area (Å²) in [6.45, 7) is 6.51. The molecule has 1 aromatic heterocycles. The third kappa shape index (κ3) is 3.76. The number of thioether (sulfide) groups is 1. The number of nitrogens with two attached hydrogens (primary N) is 1. The number of hydrogen-bond donors (Lipinski definition) is 1. The Morgan fingerprint density at radius 1 is 1.38 bits per heavy atom. The summed E-state index contributed by atoms with van der Waals surface area (Å²) < 4.78 is 0.998. The Morgan fingerprint density at radius 2 is 2.06 bits per heavy atom. The van der Waals surface area contributed by atoms with E-state index in [2.05, 4.69) is 53.3 Å². The molecule has 0 aromatic carbocycles. The number of nitrogens with zero attached hydrogens (tertiary/aromatic N) is 2. The number of aromatic nitrogens is 2. The molecule has 5 heteroatoms. The van der Waals surface area contributed by atoms with Crippen molar-refractivity contribution < 1.29 is 0 Å². The van der Waals surface area contributed by atoms with Crippen molar-refractivity contribution in [3.63, 3.8) is 0 Å². The van der Waals surface area contributed by atoms with Gasteiger partial charge in [0.05, 0.1) is 15.0 Å². The van der Waals surface area contributed by atoms with Gasteiger partial charge in [0.2, 0.25) is 0 Å².